The molecule has 1 aliphatic rings. The van der Waals surface area contributed by atoms with Crippen molar-refractivity contribution in [3.05, 3.63) is 35.4 Å². The van der Waals surface area contributed by atoms with Gasteiger partial charge >= 0.3 is 0 Å². The normalized spacial score (nSPS) is 17.6. The maximum atomic E-state index is 12.7. The molecule has 0 spiro atoms. The van der Waals surface area contributed by atoms with E-state index < -0.39 is 5.41 Å². The van der Waals surface area contributed by atoms with Gasteiger partial charge in [-0.15, -0.1) is 0 Å². The van der Waals surface area contributed by atoms with Crippen LogP contribution in [0.3, 0.4) is 0 Å². The van der Waals surface area contributed by atoms with Crippen LogP contribution in [0.5, 0.6) is 0 Å². The average molecular weight is 260 g/mol. The van der Waals surface area contributed by atoms with Gasteiger partial charge in [0.2, 0.25) is 5.91 Å². The van der Waals surface area contributed by atoms with Gasteiger partial charge in [0.15, 0.2) is 0 Å². The zero-order chi connectivity index (χ0) is 14.0. The molecule has 1 saturated heterocycles. The lowest BCUT2D eigenvalue weighted by molar-refractivity contribution is -0.137. The first kappa shape index (κ1) is 14.1. The second-order valence-electron chi connectivity index (χ2n) is 6.09. The molecule has 0 N–H and O–H groups in total. The minimum Gasteiger partial charge on any atom is -0.339 e. The molecule has 1 heterocycles. The molecule has 0 atom stereocenters. The second-order valence-corrected chi connectivity index (χ2v) is 6.09. The van der Waals surface area contributed by atoms with E-state index in [1.54, 1.807) is 0 Å². The molecule has 1 aliphatic heterocycles. The topological polar surface area (TPSA) is 23.6 Å². The van der Waals surface area contributed by atoms with Crippen LogP contribution in [0, 0.1) is 6.92 Å². The Kier molecular flexibility index (Phi) is 3.95. The fourth-order valence-corrected chi connectivity index (χ4v) is 2.50. The van der Waals surface area contributed by atoms with E-state index in [4.69, 9.17) is 0 Å². The summed E-state index contributed by atoms with van der Waals surface area (Å²) in [6.45, 7) is 9.73. The number of hydrogen-bond acceptors (Lipinski definition) is 2. The monoisotopic (exact) mass is 260 g/mol. The Balaban J connectivity index is 2.14. The largest absolute Gasteiger partial charge is 0.339 e. The first-order valence-corrected chi connectivity index (χ1v) is 6.96. The van der Waals surface area contributed by atoms with Crippen molar-refractivity contribution in [1.82, 2.24) is 9.80 Å². The lowest BCUT2D eigenvalue weighted by Gasteiger charge is -2.37. The molecule has 1 aromatic carbocycles. The molecular formula is C16H24N2O. The van der Waals surface area contributed by atoms with Gasteiger partial charge in [-0.05, 0) is 33.4 Å². The van der Waals surface area contributed by atoms with E-state index in [-0.39, 0.29) is 5.91 Å². The van der Waals surface area contributed by atoms with E-state index in [2.05, 4.69) is 43.1 Å². The van der Waals surface area contributed by atoms with Gasteiger partial charge in [0.25, 0.3) is 0 Å². The van der Waals surface area contributed by atoms with Crippen LogP contribution in [0.4, 0.5) is 0 Å². The molecular weight excluding hydrogens is 236 g/mol. The highest BCUT2D eigenvalue weighted by molar-refractivity contribution is 5.87. The molecule has 0 radical (unpaired) electrons. The van der Waals surface area contributed by atoms with Crippen LogP contribution in [0.1, 0.15) is 25.0 Å². The van der Waals surface area contributed by atoms with Gasteiger partial charge in [-0.1, -0.05) is 29.8 Å². The van der Waals surface area contributed by atoms with Crippen molar-refractivity contribution in [1.29, 1.82) is 0 Å². The smallest absolute Gasteiger partial charge is 0.232 e. The van der Waals surface area contributed by atoms with Gasteiger partial charge in [-0.25, -0.2) is 0 Å². The third-order valence-corrected chi connectivity index (χ3v) is 4.10. The molecule has 1 amide bonds. The van der Waals surface area contributed by atoms with Gasteiger partial charge in [-0.3, -0.25) is 4.79 Å². The summed E-state index contributed by atoms with van der Waals surface area (Å²) in [7, 11) is 2.10. The van der Waals surface area contributed by atoms with Crippen LogP contribution in [-0.2, 0) is 10.2 Å². The van der Waals surface area contributed by atoms with Crippen molar-refractivity contribution < 1.29 is 4.79 Å². The summed E-state index contributed by atoms with van der Waals surface area (Å²) in [5.74, 6) is 0.240. The Labute approximate surface area is 116 Å². The zero-order valence-electron chi connectivity index (χ0n) is 12.4. The lowest BCUT2D eigenvalue weighted by Crippen LogP contribution is -2.52. The molecule has 104 valence electrons. The van der Waals surface area contributed by atoms with Crippen molar-refractivity contribution in [2.75, 3.05) is 33.2 Å². The van der Waals surface area contributed by atoms with Gasteiger partial charge in [0.05, 0.1) is 5.41 Å². The molecule has 0 aliphatic carbocycles. The summed E-state index contributed by atoms with van der Waals surface area (Å²) in [5.41, 5.74) is 1.89. The maximum Gasteiger partial charge on any atom is 0.232 e. The van der Waals surface area contributed by atoms with Crippen LogP contribution in [0.25, 0.3) is 0 Å². The van der Waals surface area contributed by atoms with E-state index >= 15 is 0 Å². The minimum absolute atomic E-state index is 0.240. The molecule has 3 heteroatoms. The summed E-state index contributed by atoms with van der Waals surface area (Å²) in [4.78, 5) is 17.0. The Morgan fingerprint density at radius 1 is 1.05 bits per heavy atom. The Morgan fingerprint density at radius 3 is 2.11 bits per heavy atom. The summed E-state index contributed by atoms with van der Waals surface area (Å²) >= 11 is 0. The quantitative estimate of drug-likeness (QED) is 0.812. The Bertz CT molecular complexity index is 442. The molecule has 19 heavy (non-hydrogen) atoms. The molecule has 0 unspecified atom stereocenters. The number of rotatable bonds is 2. The van der Waals surface area contributed by atoms with E-state index in [1.165, 1.54) is 5.56 Å². The first-order chi connectivity index (χ1) is 8.91. The number of benzene rings is 1. The van der Waals surface area contributed by atoms with Crippen molar-refractivity contribution in [3.8, 4) is 0 Å². The predicted octanol–water partition coefficient (Wildman–Crippen LogP) is 2.05. The fourth-order valence-electron chi connectivity index (χ4n) is 2.50. The number of aryl methyl sites for hydroxylation is 1. The van der Waals surface area contributed by atoms with Crippen molar-refractivity contribution in [2.24, 2.45) is 0 Å². The van der Waals surface area contributed by atoms with Crippen molar-refractivity contribution in [2.45, 2.75) is 26.2 Å². The molecule has 0 saturated carbocycles. The van der Waals surface area contributed by atoms with Crippen LogP contribution >= 0.6 is 0 Å². The Hall–Kier alpha value is -1.35. The molecule has 1 fully saturated rings. The number of nitrogens with zero attached hydrogens (tertiary/aromatic N) is 2. The van der Waals surface area contributed by atoms with Crippen LogP contribution < -0.4 is 0 Å². The summed E-state index contributed by atoms with van der Waals surface area (Å²) in [5, 5.41) is 0. The SMILES string of the molecule is Cc1ccc(C(C)(C)C(=O)N2CCN(C)CC2)cc1. The molecule has 0 bridgehead atoms. The standard InChI is InChI=1S/C16H24N2O/c1-13-5-7-14(8-6-13)16(2,3)15(19)18-11-9-17(4)10-12-18/h5-8H,9-12H2,1-4H3. The number of carbonyl (C=O) groups is 1. The fraction of sp³-hybridized carbons (Fsp3) is 0.562. The first-order valence-electron chi connectivity index (χ1n) is 6.96. The zero-order valence-corrected chi connectivity index (χ0v) is 12.4. The van der Waals surface area contributed by atoms with Crippen LogP contribution in [0.2, 0.25) is 0 Å². The number of hydrogen-bond donors (Lipinski definition) is 0. The number of piperazine rings is 1. The molecule has 1 aromatic rings. The highest BCUT2D eigenvalue weighted by Crippen LogP contribution is 2.26. The van der Waals surface area contributed by atoms with E-state index in [0.717, 1.165) is 31.7 Å². The Morgan fingerprint density at radius 2 is 1.58 bits per heavy atom. The van der Waals surface area contributed by atoms with Crippen molar-refractivity contribution >= 4 is 5.91 Å². The number of amides is 1. The third kappa shape index (κ3) is 2.98. The minimum atomic E-state index is -0.441. The van der Waals surface area contributed by atoms with Crippen molar-refractivity contribution in [3.63, 3.8) is 0 Å². The maximum absolute atomic E-state index is 12.7. The van der Waals surface area contributed by atoms with Gasteiger partial charge in [0, 0.05) is 26.2 Å². The van der Waals surface area contributed by atoms with Gasteiger partial charge in [-0.2, -0.15) is 0 Å². The average Bonchev–Trinajstić information content (AvgIpc) is 2.39. The predicted molar refractivity (Wildman–Crippen MR) is 78.3 cm³/mol. The van der Waals surface area contributed by atoms with E-state index in [9.17, 15) is 4.79 Å². The van der Waals surface area contributed by atoms with Gasteiger partial charge < -0.3 is 9.80 Å². The number of likely N-dealkylation sites (N-methyl/N-ethyl adjacent to an activating group) is 1. The van der Waals surface area contributed by atoms with Gasteiger partial charge in [0.1, 0.15) is 0 Å². The van der Waals surface area contributed by atoms with E-state index in [0.29, 0.717) is 0 Å². The molecule has 0 aromatic heterocycles. The summed E-state index contributed by atoms with van der Waals surface area (Å²) in [6.07, 6.45) is 0. The number of carbonyl (C=O) groups excluding carboxylic acids is 1. The second kappa shape index (κ2) is 5.33. The van der Waals surface area contributed by atoms with Crippen LogP contribution in [0.15, 0.2) is 24.3 Å². The van der Waals surface area contributed by atoms with E-state index in [1.807, 2.05) is 18.7 Å². The summed E-state index contributed by atoms with van der Waals surface area (Å²) in [6, 6.07) is 8.30. The highest BCUT2D eigenvalue weighted by Gasteiger charge is 2.34. The molecule has 2 rings (SSSR count). The molecule has 3 nitrogen and oxygen atoms in total. The van der Waals surface area contributed by atoms with Crippen LogP contribution in [-0.4, -0.2) is 48.9 Å². The lowest BCUT2D eigenvalue weighted by atomic mass is 9.82. The third-order valence-electron chi connectivity index (χ3n) is 4.10. The highest BCUT2D eigenvalue weighted by atomic mass is 16.2. The summed E-state index contributed by atoms with van der Waals surface area (Å²) < 4.78 is 0.